The van der Waals surface area contributed by atoms with Gasteiger partial charge in [0, 0.05) is 42.8 Å². The summed E-state index contributed by atoms with van der Waals surface area (Å²) in [6.07, 6.45) is 0. The molecule has 2 aromatic carbocycles. The zero-order chi connectivity index (χ0) is 20.3. The molecular weight excluding hydrogens is 383 g/mol. The van der Waals surface area contributed by atoms with Crippen LogP contribution in [0.1, 0.15) is 19.4 Å². The van der Waals surface area contributed by atoms with Crippen LogP contribution in [0.15, 0.2) is 42.5 Å². The van der Waals surface area contributed by atoms with E-state index in [4.69, 9.17) is 16.3 Å². The SMILES string of the molecule is CC1CN(C(=O)COc2ccc(Cl)cc2O)C(C)CN1Cc1ccc(F)cc1. The summed E-state index contributed by atoms with van der Waals surface area (Å²) in [5, 5.41) is 10.2. The summed E-state index contributed by atoms with van der Waals surface area (Å²) in [6, 6.07) is 11.2. The van der Waals surface area contributed by atoms with Crippen molar-refractivity contribution in [3.05, 3.63) is 58.9 Å². The van der Waals surface area contributed by atoms with E-state index in [0.29, 0.717) is 18.1 Å². The number of phenols is 1. The predicted molar refractivity (Wildman–Crippen MR) is 106 cm³/mol. The van der Waals surface area contributed by atoms with Crippen LogP contribution < -0.4 is 4.74 Å². The molecule has 7 heteroatoms. The highest BCUT2D eigenvalue weighted by Gasteiger charge is 2.32. The van der Waals surface area contributed by atoms with Crippen LogP contribution in [0.3, 0.4) is 0 Å². The number of hydrogen-bond acceptors (Lipinski definition) is 4. The number of halogens is 2. The van der Waals surface area contributed by atoms with E-state index in [1.54, 1.807) is 23.1 Å². The zero-order valence-electron chi connectivity index (χ0n) is 15.9. The van der Waals surface area contributed by atoms with Gasteiger partial charge in [0.05, 0.1) is 0 Å². The number of benzene rings is 2. The molecule has 150 valence electrons. The third-order valence-electron chi connectivity index (χ3n) is 5.01. The molecule has 2 atom stereocenters. The van der Waals surface area contributed by atoms with E-state index in [9.17, 15) is 14.3 Å². The Balaban J connectivity index is 1.57. The van der Waals surface area contributed by atoms with E-state index >= 15 is 0 Å². The molecule has 0 aliphatic carbocycles. The van der Waals surface area contributed by atoms with Crippen molar-refractivity contribution in [2.75, 3.05) is 19.7 Å². The molecule has 5 nitrogen and oxygen atoms in total. The molecule has 1 aliphatic heterocycles. The van der Waals surface area contributed by atoms with Crippen LogP contribution in [-0.4, -0.2) is 52.6 Å². The van der Waals surface area contributed by atoms with Gasteiger partial charge in [0.25, 0.3) is 5.91 Å². The van der Waals surface area contributed by atoms with Crippen molar-refractivity contribution in [3.8, 4) is 11.5 Å². The van der Waals surface area contributed by atoms with Gasteiger partial charge in [0.15, 0.2) is 18.1 Å². The van der Waals surface area contributed by atoms with Crippen molar-refractivity contribution >= 4 is 17.5 Å². The summed E-state index contributed by atoms with van der Waals surface area (Å²) in [6.45, 7) is 5.93. The fraction of sp³-hybridized carbons (Fsp3) is 0.381. The summed E-state index contributed by atoms with van der Waals surface area (Å²) in [5.41, 5.74) is 1.04. The van der Waals surface area contributed by atoms with Crippen molar-refractivity contribution in [2.45, 2.75) is 32.5 Å². The van der Waals surface area contributed by atoms with E-state index in [2.05, 4.69) is 11.8 Å². The van der Waals surface area contributed by atoms with Gasteiger partial charge in [-0.25, -0.2) is 4.39 Å². The van der Waals surface area contributed by atoms with Crippen molar-refractivity contribution in [1.82, 2.24) is 9.80 Å². The number of ether oxygens (including phenoxy) is 1. The summed E-state index contributed by atoms with van der Waals surface area (Å²) in [7, 11) is 0. The van der Waals surface area contributed by atoms with E-state index in [1.807, 2.05) is 6.92 Å². The average molecular weight is 407 g/mol. The van der Waals surface area contributed by atoms with Gasteiger partial charge < -0.3 is 14.7 Å². The van der Waals surface area contributed by atoms with Crippen LogP contribution in [-0.2, 0) is 11.3 Å². The second kappa shape index (κ2) is 8.80. The third-order valence-corrected chi connectivity index (χ3v) is 5.24. The molecule has 28 heavy (non-hydrogen) atoms. The van der Waals surface area contributed by atoms with Crippen molar-refractivity contribution < 1.29 is 19.0 Å². The molecule has 1 saturated heterocycles. The van der Waals surface area contributed by atoms with Gasteiger partial charge in [-0.2, -0.15) is 0 Å². The highest BCUT2D eigenvalue weighted by Crippen LogP contribution is 2.29. The molecule has 0 aromatic heterocycles. The highest BCUT2D eigenvalue weighted by atomic mass is 35.5. The van der Waals surface area contributed by atoms with Crippen molar-refractivity contribution in [2.24, 2.45) is 0 Å². The Hall–Kier alpha value is -2.31. The molecule has 1 fully saturated rings. The second-order valence-electron chi connectivity index (χ2n) is 7.20. The maximum Gasteiger partial charge on any atom is 0.260 e. The number of phenolic OH excluding ortho intramolecular Hbond substituents is 1. The molecule has 2 unspecified atom stereocenters. The Kier molecular flexibility index (Phi) is 6.42. The molecule has 1 heterocycles. The predicted octanol–water partition coefficient (Wildman–Crippen LogP) is 3.68. The highest BCUT2D eigenvalue weighted by molar-refractivity contribution is 6.30. The number of carbonyl (C=O) groups excluding carboxylic acids is 1. The maximum atomic E-state index is 13.1. The molecule has 0 saturated carbocycles. The summed E-state index contributed by atoms with van der Waals surface area (Å²) in [5.74, 6) is -0.235. The van der Waals surface area contributed by atoms with Crippen molar-refractivity contribution in [3.63, 3.8) is 0 Å². The molecule has 1 amide bonds. The Labute approximate surface area is 169 Å². The Bertz CT molecular complexity index is 831. The Morgan fingerprint density at radius 2 is 1.89 bits per heavy atom. The fourth-order valence-electron chi connectivity index (χ4n) is 3.43. The van der Waals surface area contributed by atoms with Gasteiger partial charge in [0.1, 0.15) is 5.82 Å². The standard InChI is InChI=1S/C21H24ClFN2O3/c1-14-11-25(21(27)13-28-20-8-5-17(22)9-19(20)26)15(2)10-24(14)12-16-3-6-18(23)7-4-16/h3-9,14-15,26H,10-13H2,1-2H3. The minimum Gasteiger partial charge on any atom is -0.504 e. The number of rotatable bonds is 5. The normalized spacial score (nSPS) is 20.2. The quantitative estimate of drug-likeness (QED) is 0.822. The summed E-state index contributed by atoms with van der Waals surface area (Å²) >= 11 is 5.80. The lowest BCUT2D eigenvalue weighted by Gasteiger charge is -2.44. The van der Waals surface area contributed by atoms with Gasteiger partial charge in [-0.05, 0) is 43.7 Å². The number of hydrogen-bond donors (Lipinski definition) is 1. The monoisotopic (exact) mass is 406 g/mol. The van der Waals surface area contributed by atoms with Gasteiger partial charge in [-0.1, -0.05) is 23.7 Å². The molecule has 1 aliphatic rings. The molecular formula is C21H24ClFN2O3. The fourth-order valence-corrected chi connectivity index (χ4v) is 3.59. The van der Waals surface area contributed by atoms with E-state index in [-0.39, 0.29) is 41.9 Å². The number of nitrogens with zero attached hydrogens (tertiary/aromatic N) is 2. The molecule has 2 aromatic rings. The summed E-state index contributed by atoms with van der Waals surface area (Å²) < 4.78 is 18.6. The Morgan fingerprint density at radius 1 is 1.18 bits per heavy atom. The minimum atomic E-state index is -0.243. The summed E-state index contributed by atoms with van der Waals surface area (Å²) in [4.78, 5) is 16.7. The number of carbonyl (C=O) groups is 1. The first-order chi connectivity index (χ1) is 13.3. The van der Waals surface area contributed by atoms with E-state index in [0.717, 1.165) is 12.1 Å². The Morgan fingerprint density at radius 3 is 2.57 bits per heavy atom. The first kappa shape index (κ1) is 20.4. The van der Waals surface area contributed by atoms with Crippen molar-refractivity contribution in [1.29, 1.82) is 0 Å². The van der Waals surface area contributed by atoms with Gasteiger partial charge >= 0.3 is 0 Å². The van der Waals surface area contributed by atoms with Gasteiger partial charge in [0.2, 0.25) is 0 Å². The minimum absolute atomic E-state index is 0.0200. The first-order valence-corrected chi connectivity index (χ1v) is 9.60. The van der Waals surface area contributed by atoms with E-state index in [1.165, 1.54) is 24.3 Å². The molecule has 1 N–H and O–H groups in total. The molecule has 0 spiro atoms. The first-order valence-electron chi connectivity index (χ1n) is 9.22. The lowest BCUT2D eigenvalue weighted by molar-refractivity contribution is -0.139. The van der Waals surface area contributed by atoms with Gasteiger partial charge in [-0.15, -0.1) is 0 Å². The second-order valence-corrected chi connectivity index (χ2v) is 7.64. The van der Waals surface area contributed by atoms with Gasteiger partial charge in [-0.3, -0.25) is 9.69 Å². The number of aromatic hydroxyl groups is 1. The molecule has 0 radical (unpaired) electrons. The lowest BCUT2D eigenvalue weighted by Crippen LogP contribution is -2.58. The number of amides is 1. The van der Waals surface area contributed by atoms with Crippen LogP contribution in [0.2, 0.25) is 5.02 Å². The largest absolute Gasteiger partial charge is 0.504 e. The number of piperazine rings is 1. The van der Waals surface area contributed by atoms with Crippen LogP contribution in [0, 0.1) is 5.82 Å². The zero-order valence-corrected chi connectivity index (χ0v) is 16.7. The average Bonchev–Trinajstić information content (AvgIpc) is 2.65. The van der Waals surface area contributed by atoms with Crippen LogP contribution >= 0.6 is 11.6 Å². The molecule has 3 rings (SSSR count). The van der Waals surface area contributed by atoms with E-state index < -0.39 is 0 Å². The van der Waals surface area contributed by atoms with Crippen LogP contribution in [0.25, 0.3) is 0 Å². The third kappa shape index (κ3) is 4.94. The van der Waals surface area contributed by atoms with Crippen LogP contribution in [0.4, 0.5) is 4.39 Å². The lowest BCUT2D eigenvalue weighted by atomic mass is 10.1. The molecule has 0 bridgehead atoms. The van der Waals surface area contributed by atoms with Crippen LogP contribution in [0.5, 0.6) is 11.5 Å². The smallest absolute Gasteiger partial charge is 0.260 e. The maximum absolute atomic E-state index is 13.1. The topological polar surface area (TPSA) is 53.0 Å².